The molecule has 3 aromatic rings. The van der Waals surface area contributed by atoms with Crippen molar-refractivity contribution in [1.29, 1.82) is 0 Å². The fourth-order valence-corrected chi connectivity index (χ4v) is 3.75. The lowest BCUT2D eigenvalue weighted by Gasteiger charge is -2.23. The third kappa shape index (κ3) is 4.31. The normalized spacial score (nSPS) is 17.4. The SMILES string of the molecule is c1cncc(-c2noc(CN(Cc3cccs3)CC3CCCO3)n2)c1. The minimum atomic E-state index is 0.292. The molecule has 1 fully saturated rings. The van der Waals surface area contributed by atoms with Crippen molar-refractivity contribution in [3.8, 4) is 11.4 Å². The molecule has 0 bridgehead atoms. The Kier molecular flexibility index (Phi) is 5.15. The van der Waals surface area contributed by atoms with Gasteiger partial charge in [-0.1, -0.05) is 11.2 Å². The summed E-state index contributed by atoms with van der Waals surface area (Å²) in [5.41, 5.74) is 0.862. The number of pyridine rings is 1. The smallest absolute Gasteiger partial charge is 0.241 e. The number of nitrogens with zero attached hydrogens (tertiary/aromatic N) is 4. The molecule has 1 saturated heterocycles. The Morgan fingerprint density at radius 1 is 1.24 bits per heavy atom. The van der Waals surface area contributed by atoms with Gasteiger partial charge in [0.2, 0.25) is 11.7 Å². The van der Waals surface area contributed by atoms with E-state index in [1.54, 1.807) is 23.7 Å². The van der Waals surface area contributed by atoms with Gasteiger partial charge in [-0.15, -0.1) is 11.3 Å². The first-order valence-corrected chi connectivity index (χ1v) is 9.34. The Hall–Kier alpha value is -2.09. The maximum Gasteiger partial charge on any atom is 0.241 e. The second-order valence-corrected chi connectivity index (χ2v) is 7.17. The first kappa shape index (κ1) is 16.4. The molecule has 1 unspecified atom stereocenters. The lowest BCUT2D eigenvalue weighted by atomic mass is 10.2. The molecule has 4 rings (SSSR count). The summed E-state index contributed by atoms with van der Waals surface area (Å²) in [6.07, 6.45) is 6.02. The molecular formula is C18H20N4O2S. The van der Waals surface area contributed by atoms with Gasteiger partial charge in [-0.2, -0.15) is 4.98 Å². The lowest BCUT2D eigenvalue weighted by Crippen LogP contribution is -2.31. The third-order valence-corrected chi connectivity index (χ3v) is 5.05. The molecule has 0 spiro atoms. The zero-order valence-corrected chi connectivity index (χ0v) is 14.7. The molecular weight excluding hydrogens is 336 g/mol. The van der Waals surface area contributed by atoms with Crippen molar-refractivity contribution in [2.45, 2.75) is 32.0 Å². The van der Waals surface area contributed by atoms with E-state index in [0.717, 1.165) is 38.1 Å². The molecule has 3 aromatic heterocycles. The summed E-state index contributed by atoms with van der Waals surface area (Å²) in [4.78, 5) is 12.3. The van der Waals surface area contributed by atoms with Gasteiger partial charge in [0, 0.05) is 42.5 Å². The van der Waals surface area contributed by atoms with E-state index in [2.05, 4.69) is 37.5 Å². The first-order valence-electron chi connectivity index (χ1n) is 8.46. The number of hydrogen-bond acceptors (Lipinski definition) is 7. The summed E-state index contributed by atoms with van der Waals surface area (Å²) < 4.78 is 11.3. The van der Waals surface area contributed by atoms with Gasteiger partial charge in [-0.3, -0.25) is 9.88 Å². The van der Waals surface area contributed by atoms with Crippen molar-refractivity contribution in [3.05, 3.63) is 52.8 Å². The van der Waals surface area contributed by atoms with Gasteiger partial charge < -0.3 is 9.26 Å². The van der Waals surface area contributed by atoms with Crippen LogP contribution in [0.2, 0.25) is 0 Å². The van der Waals surface area contributed by atoms with E-state index in [1.165, 1.54) is 4.88 Å². The Morgan fingerprint density at radius 2 is 2.24 bits per heavy atom. The molecule has 1 aliphatic heterocycles. The van der Waals surface area contributed by atoms with Crippen LogP contribution >= 0.6 is 11.3 Å². The highest BCUT2D eigenvalue weighted by atomic mass is 32.1. The second kappa shape index (κ2) is 7.86. The Labute approximate surface area is 150 Å². The number of thiophene rings is 1. The maximum absolute atomic E-state index is 5.80. The van der Waals surface area contributed by atoms with Crippen molar-refractivity contribution in [2.75, 3.05) is 13.2 Å². The van der Waals surface area contributed by atoms with E-state index in [9.17, 15) is 0 Å². The monoisotopic (exact) mass is 356 g/mol. The fourth-order valence-electron chi connectivity index (χ4n) is 3.01. The van der Waals surface area contributed by atoms with Gasteiger partial charge in [0.1, 0.15) is 0 Å². The van der Waals surface area contributed by atoms with Crippen LogP contribution in [0.25, 0.3) is 11.4 Å². The maximum atomic E-state index is 5.80. The molecule has 0 N–H and O–H groups in total. The summed E-state index contributed by atoms with van der Waals surface area (Å²) in [6.45, 7) is 3.22. The van der Waals surface area contributed by atoms with Crippen LogP contribution in [-0.4, -0.2) is 39.3 Å². The predicted octanol–water partition coefficient (Wildman–Crippen LogP) is 3.37. The van der Waals surface area contributed by atoms with Crippen molar-refractivity contribution in [1.82, 2.24) is 20.0 Å². The summed E-state index contributed by atoms with van der Waals surface area (Å²) in [6, 6.07) is 8.03. The second-order valence-electron chi connectivity index (χ2n) is 6.14. The largest absolute Gasteiger partial charge is 0.377 e. The van der Waals surface area contributed by atoms with Crippen LogP contribution in [0.4, 0.5) is 0 Å². The summed E-state index contributed by atoms with van der Waals surface area (Å²) in [7, 11) is 0. The average molecular weight is 356 g/mol. The molecule has 0 radical (unpaired) electrons. The van der Waals surface area contributed by atoms with E-state index in [0.29, 0.717) is 24.4 Å². The Bertz CT molecular complexity index is 769. The molecule has 1 aliphatic rings. The highest BCUT2D eigenvalue weighted by Crippen LogP contribution is 2.20. The minimum absolute atomic E-state index is 0.292. The minimum Gasteiger partial charge on any atom is -0.377 e. The van der Waals surface area contributed by atoms with Gasteiger partial charge in [0.15, 0.2) is 0 Å². The van der Waals surface area contributed by atoms with E-state index in [1.807, 2.05) is 12.1 Å². The number of hydrogen-bond donors (Lipinski definition) is 0. The first-order chi connectivity index (χ1) is 12.4. The summed E-state index contributed by atoms with van der Waals surface area (Å²) >= 11 is 1.76. The molecule has 130 valence electrons. The Morgan fingerprint density at radius 3 is 3.00 bits per heavy atom. The standard InChI is InChI=1S/C18H20N4O2S/c1-4-14(10-19-7-1)18-20-17(24-21-18)13-22(11-15-5-2-8-23-15)12-16-6-3-9-25-16/h1,3-4,6-7,9-10,15H,2,5,8,11-13H2. The van der Waals surface area contributed by atoms with Crippen LogP contribution < -0.4 is 0 Å². The van der Waals surface area contributed by atoms with E-state index >= 15 is 0 Å². The molecule has 1 atom stereocenters. The molecule has 0 aliphatic carbocycles. The van der Waals surface area contributed by atoms with Crippen molar-refractivity contribution >= 4 is 11.3 Å². The van der Waals surface area contributed by atoms with Crippen LogP contribution in [-0.2, 0) is 17.8 Å². The molecule has 6 nitrogen and oxygen atoms in total. The molecule has 4 heterocycles. The van der Waals surface area contributed by atoms with E-state index in [4.69, 9.17) is 9.26 Å². The highest BCUT2D eigenvalue weighted by Gasteiger charge is 2.21. The summed E-state index contributed by atoms with van der Waals surface area (Å²) in [5.74, 6) is 1.20. The van der Waals surface area contributed by atoms with Gasteiger partial charge in [0.25, 0.3) is 0 Å². The highest BCUT2D eigenvalue weighted by molar-refractivity contribution is 7.09. The van der Waals surface area contributed by atoms with Gasteiger partial charge >= 0.3 is 0 Å². The molecule has 0 amide bonds. The Balaban J connectivity index is 1.46. The van der Waals surface area contributed by atoms with Crippen molar-refractivity contribution in [2.24, 2.45) is 0 Å². The number of rotatable bonds is 7. The van der Waals surface area contributed by atoms with Crippen LogP contribution in [0, 0.1) is 0 Å². The molecule has 0 aromatic carbocycles. The van der Waals surface area contributed by atoms with E-state index in [-0.39, 0.29) is 0 Å². The van der Waals surface area contributed by atoms with Gasteiger partial charge in [-0.05, 0) is 36.4 Å². The van der Waals surface area contributed by atoms with Crippen LogP contribution in [0.15, 0.2) is 46.6 Å². The molecule has 0 saturated carbocycles. The molecule has 7 heteroatoms. The number of ether oxygens (including phenoxy) is 1. The van der Waals surface area contributed by atoms with Crippen molar-refractivity contribution < 1.29 is 9.26 Å². The van der Waals surface area contributed by atoms with Crippen LogP contribution in [0.5, 0.6) is 0 Å². The molecule has 25 heavy (non-hydrogen) atoms. The summed E-state index contributed by atoms with van der Waals surface area (Å²) in [5, 5.41) is 6.19. The topological polar surface area (TPSA) is 64.3 Å². The predicted molar refractivity (Wildman–Crippen MR) is 94.9 cm³/mol. The van der Waals surface area contributed by atoms with Crippen LogP contribution in [0.1, 0.15) is 23.6 Å². The fraction of sp³-hybridized carbons (Fsp3) is 0.389. The number of aromatic nitrogens is 3. The quantitative estimate of drug-likeness (QED) is 0.647. The third-order valence-electron chi connectivity index (χ3n) is 4.19. The average Bonchev–Trinajstić information content (AvgIpc) is 3.38. The zero-order valence-electron chi connectivity index (χ0n) is 13.9. The van der Waals surface area contributed by atoms with Crippen LogP contribution in [0.3, 0.4) is 0 Å². The lowest BCUT2D eigenvalue weighted by molar-refractivity contribution is 0.0644. The zero-order chi connectivity index (χ0) is 16.9. The van der Waals surface area contributed by atoms with Gasteiger partial charge in [-0.25, -0.2) is 0 Å². The van der Waals surface area contributed by atoms with Gasteiger partial charge in [0.05, 0.1) is 12.6 Å². The van der Waals surface area contributed by atoms with E-state index < -0.39 is 0 Å². The van der Waals surface area contributed by atoms with Crippen molar-refractivity contribution in [3.63, 3.8) is 0 Å².